The van der Waals surface area contributed by atoms with E-state index < -0.39 is 23.9 Å². The van der Waals surface area contributed by atoms with Crippen molar-refractivity contribution in [3.63, 3.8) is 0 Å². The van der Waals surface area contributed by atoms with Crippen LogP contribution in [0.15, 0.2) is 84.9 Å². The average molecular weight is 506 g/mol. The topological polar surface area (TPSA) is 124 Å². The lowest BCUT2D eigenvalue weighted by Gasteiger charge is -2.23. The van der Waals surface area contributed by atoms with Crippen LogP contribution < -0.4 is 10.2 Å². The summed E-state index contributed by atoms with van der Waals surface area (Å²) in [6, 6.07) is 22.8. The van der Waals surface area contributed by atoms with Crippen molar-refractivity contribution in [3.05, 3.63) is 107 Å². The van der Waals surface area contributed by atoms with Gasteiger partial charge in [0.15, 0.2) is 5.88 Å². The molecule has 37 heavy (non-hydrogen) atoms. The lowest BCUT2D eigenvalue weighted by molar-refractivity contribution is 0.146. The van der Waals surface area contributed by atoms with Gasteiger partial charge < -0.3 is 19.7 Å². The fourth-order valence-electron chi connectivity index (χ4n) is 3.51. The second-order valence-corrected chi connectivity index (χ2v) is 8.00. The molecular weight excluding hydrogens is 481 g/mol. The predicted octanol–water partition coefficient (Wildman–Crippen LogP) is 5.66. The molecule has 2 amide bonds. The zero-order chi connectivity index (χ0) is 26.2. The molecule has 190 valence electrons. The number of halogens is 1. The maximum Gasteiger partial charge on any atom is 0.415 e. The molecule has 0 aliphatic heterocycles. The molecular formula is C27H24FN3O6. The molecule has 0 saturated heterocycles. The molecule has 0 fully saturated rings. The van der Waals surface area contributed by atoms with E-state index in [0.717, 1.165) is 34.2 Å². The SMILES string of the molecule is O=C(Nc1cc(F)ccc1CN(C(=O)OCc1ccccc1)c1cc(O)[nH]c1O)OCc1ccccc1. The molecule has 0 aliphatic rings. The number of nitrogens with one attached hydrogen (secondary N) is 2. The number of nitrogens with zero attached hydrogens (tertiary/aromatic N) is 1. The first-order valence-electron chi connectivity index (χ1n) is 11.2. The molecule has 0 unspecified atom stereocenters. The number of H-pyrrole nitrogens is 1. The molecule has 1 heterocycles. The fraction of sp³-hybridized carbons (Fsp3) is 0.111. The second kappa shape index (κ2) is 11.6. The molecule has 4 N–H and O–H groups in total. The van der Waals surface area contributed by atoms with Gasteiger partial charge in [-0.1, -0.05) is 66.7 Å². The summed E-state index contributed by atoms with van der Waals surface area (Å²) in [5.41, 5.74) is 1.81. The van der Waals surface area contributed by atoms with Gasteiger partial charge in [0.25, 0.3) is 0 Å². The summed E-state index contributed by atoms with van der Waals surface area (Å²) >= 11 is 0. The standard InChI is InChI=1S/C27H24FN3O6/c28-21-12-11-20(22(13-21)29-26(34)36-16-18-7-3-1-4-8-18)15-31(23-14-24(32)30-25(23)33)27(35)37-17-19-9-5-2-6-10-19/h1-14,30,32-33H,15-17H2,(H,29,34). The van der Waals surface area contributed by atoms with E-state index in [-0.39, 0.29) is 37.0 Å². The Morgan fingerprint density at radius 1 is 0.865 bits per heavy atom. The third-order valence-electron chi connectivity index (χ3n) is 5.33. The lowest BCUT2D eigenvalue weighted by Crippen LogP contribution is -2.31. The maximum absolute atomic E-state index is 14.1. The monoisotopic (exact) mass is 505 g/mol. The normalized spacial score (nSPS) is 10.5. The number of amides is 2. The van der Waals surface area contributed by atoms with E-state index in [1.54, 1.807) is 48.5 Å². The molecule has 9 nitrogen and oxygen atoms in total. The van der Waals surface area contributed by atoms with Gasteiger partial charge in [0, 0.05) is 6.07 Å². The lowest BCUT2D eigenvalue weighted by atomic mass is 10.1. The summed E-state index contributed by atoms with van der Waals surface area (Å²) in [5, 5.41) is 22.5. The van der Waals surface area contributed by atoms with Crippen LogP contribution in [0.3, 0.4) is 0 Å². The first kappa shape index (κ1) is 25.1. The minimum absolute atomic E-state index is 0.00571. The van der Waals surface area contributed by atoms with Crippen LogP contribution in [-0.2, 0) is 29.2 Å². The summed E-state index contributed by atoms with van der Waals surface area (Å²) in [6.45, 7) is -0.285. The predicted molar refractivity (Wildman–Crippen MR) is 134 cm³/mol. The van der Waals surface area contributed by atoms with Crippen molar-refractivity contribution < 1.29 is 33.7 Å². The Hall–Kier alpha value is -4.99. The van der Waals surface area contributed by atoms with Gasteiger partial charge in [-0.05, 0) is 28.8 Å². The van der Waals surface area contributed by atoms with Crippen molar-refractivity contribution in [3.8, 4) is 11.8 Å². The minimum atomic E-state index is -0.847. The number of carbonyl (C=O) groups excluding carboxylic acids is 2. The van der Waals surface area contributed by atoms with Crippen molar-refractivity contribution >= 4 is 23.6 Å². The number of ether oxygens (including phenoxy) is 2. The number of aromatic nitrogens is 1. The Bertz CT molecular complexity index is 1360. The van der Waals surface area contributed by atoms with Crippen LogP contribution in [-0.4, -0.2) is 27.4 Å². The number of benzene rings is 3. The molecule has 4 aromatic rings. The smallest absolute Gasteiger partial charge is 0.415 e. The van der Waals surface area contributed by atoms with Crippen LogP contribution in [0.2, 0.25) is 0 Å². The number of hydrogen-bond donors (Lipinski definition) is 4. The van der Waals surface area contributed by atoms with Gasteiger partial charge >= 0.3 is 12.2 Å². The molecule has 0 spiro atoms. The Labute approximate surface area is 211 Å². The van der Waals surface area contributed by atoms with Crippen LogP contribution in [0.4, 0.5) is 25.4 Å². The highest BCUT2D eigenvalue weighted by Crippen LogP contribution is 2.33. The molecule has 0 aliphatic carbocycles. The van der Waals surface area contributed by atoms with E-state index >= 15 is 0 Å². The molecule has 0 atom stereocenters. The van der Waals surface area contributed by atoms with E-state index in [2.05, 4.69) is 10.3 Å². The maximum atomic E-state index is 14.1. The molecule has 0 radical (unpaired) electrons. The van der Waals surface area contributed by atoms with Crippen LogP contribution in [0.5, 0.6) is 11.8 Å². The Kier molecular flexibility index (Phi) is 7.89. The zero-order valence-electron chi connectivity index (χ0n) is 19.6. The van der Waals surface area contributed by atoms with Crippen LogP contribution in [0, 0.1) is 5.82 Å². The van der Waals surface area contributed by atoms with Crippen molar-refractivity contribution in [2.24, 2.45) is 0 Å². The Morgan fingerprint density at radius 3 is 2.08 bits per heavy atom. The first-order chi connectivity index (χ1) is 17.9. The summed E-state index contributed by atoms with van der Waals surface area (Å²) in [6.07, 6.45) is -1.67. The van der Waals surface area contributed by atoms with E-state index in [9.17, 15) is 24.2 Å². The van der Waals surface area contributed by atoms with Gasteiger partial charge in [0.1, 0.15) is 24.7 Å². The van der Waals surface area contributed by atoms with E-state index in [4.69, 9.17) is 9.47 Å². The van der Waals surface area contributed by atoms with Gasteiger partial charge in [-0.15, -0.1) is 0 Å². The molecule has 4 rings (SSSR count). The van der Waals surface area contributed by atoms with E-state index in [0.29, 0.717) is 5.56 Å². The molecule has 0 saturated carbocycles. The number of carbonyl (C=O) groups is 2. The summed E-state index contributed by atoms with van der Waals surface area (Å²) < 4.78 is 24.7. The summed E-state index contributed by atoms with van der Waals surface area (Å²) in [7, 11) is 0. The summed E-state index contributed by atoms with van der Waals surface area (Å²) in [4.78, 5) is 28.8. The van der Waals surface area contributed by atoms with E-state index in [1.807, 2.05) is 12.1 Å². The first-order valence-corrected chi connectivity index (χ1v) is 11.2. The molecule has 0 bridgehead atoms. The third kappa shape index (κ3) is 6.79. The molecule has 10 heteroatoms. The number of rotatable bonds is 8. The van der Waals surface area contributed by atoms with Crippen LogP contribution >= 0.6 is 0 Å². The fourth-order valence-corrected chi connectivity index (χ4v) is 3.51. The average Bonchev–Trinajstić information content (AvgIpc) is 3.24. The minimum Gasteiger partial charge on any atom is -0.494 e. The van der Waals surface area contributed by atoms with Gasteiger partial charge in [-0.25, -0.2) is 14.0 Å². The van der Waals surface area contributed by atoms with Crippen molar-refractivity contribution in [2.45, 2.75) is 19.8 Å². The zero-order valence-corrected chi connectivity index (χ0v) is 19.6. The number of aromatic hydroxyl groups is 2. The number of aromatic amines is 1. The quantitative estimate of drug-likeness (QED) is 0.245. The highest BCUT2D eigenvalue weighted by molar-refractivity contribution is 5.91. The van der Waals surface area contributed by atoms with Gasteiger partial charge in [0.05, 0.1) is 12.2 Å². The highest BCUT2D eigenvalue weighted by Gasteiger charge is 2.25. The van der Waals surface area contributed by atoms with Gasteiger partial charge in [-0.3, -0.25) is 15.2 Å². The Balaban J connectivity index is 1.53. The van der Waals surface area contributed by atoms with Crippen molar-refractivity contribution in [1.82, 2.24) is 4.98 Å². The van der Waals surface area contributed by atoms with Gasteiger partial charge in [-0.2, -0.15) is 0 Å². The van der Waals surface area contributed by atoms with E-state index in [1.165, 1.54) is 6.07 Å². The van der Waals surface area contributed by atoms with Crippen LogP contribution in [0.25, 0.3) is 0 Å². The third-order valence-corrected chi connectivity index (χ3v) is 5.33. The largest absolute Gasteiger partial charge is 0.494 e. The summed E-state index contributed by atoms with van der Waals surface area (Å²) in [5.74, 6) is -1.48. The highest BCUT2D eigenvalue weighted by atomic mass is 19.1. The Morgan fingerprint density at radius 2 is 1.49 bits per heavy atom. The van der Waals surface area contributed by atoms with Crippen molar-refractivity contribution in [2.75, 3.05) is 10.2 Å². The second-order valence-electron chi connectivity index (χ2n) is 8.00. The van der Waals surface area contributed by atoms with Gasteiger partial charge in [0.2, 0.25) is 5.88 Å². The number of hydrogen-bond acceptors (Lipinski definition) is 6. The molecule has 1 aromatic heterocycles. The van der Waals surface area contributed by atoms with Crippen LogP contribution in [0.1, 0.15) is 16.7 Å². The molecule has 3 aromatic carbocycles. The van der Waals surface area contributed by atoms with Crippen molar-refractivity contribution in [1.29, 1.82) is 0 Å². The number of anilines is 2.